The normalized spacial score (nSPS) is 25.4. The topological polar surface area (TPSA) is 80.8 Å². The predicted octanol–water partition coefficient (Wildman–Crippen LogP) is 6.14. The van der Waals surface area contributed by atoms with E-state index >= 15 is 0 Å². The first kappa shape index (κ1) is 26.0. The van der Waals surface area contributed by atoms with Crippen LogP contribution in [0.2, 0.25) is 0 Å². The van der Waals surface area contributed by atoms with Crippen LogP contribution < -0.4 is 4.90 Å². The van der Waals surface area contributed by atoms with Gasteiger partial charge in [-0.3, -0.25) is 14.4 Å². The summed E-state index contributed by atoms with van der Waals surface area (Å²) >= 11 is 7.99. The van der Waals surface area contributed by atoms with E-state index in [1.165, 1.54) is 17.0 Å². The number of hydrogen-bond donors (Lipinski definition) is 0. The Balaban J connectivity index is 1.20. The fraction of sp³-hybridized carbons (Fsp3) is 0.152. The lowest BCUT2D eigenvalue weighted by Crippen LogP contribution is -2.56. The smallest absolute Gasteiger partial charge is 0.338 e. The van der Waals surface area contributed by atoms with Gasteiger partial charge in [0, 0.05) is 5.56 Å². The Bertz CT molecular complexity index is 1650. The van der Waals surface area contributed by atoms with E-state index in [1.54, 1.807) is 42.5 Å². The number of anilines is 1. The highest BCUT2D eigenvalue weighted by Gasteiger charge is 2.72. The largest absolute Gasteiger partial charge is 0.454 e. The second-order valence-corrected chi connectivity index (χ2v) is 12.9. The molecular weight excluding hydrogens is 650 g/mol. The highest BCUT2D eigenvalue weighted by molar-refractivity contribution is 9.10. The number of carbonyl (C=O) groups is 4. The lowest BCUT2D eigenvalue weighted by molar-refractivity contribution is -0.122. The molecule has 3 aliphatic carbocycles. The molecule has 4 aromatic carbocycles. The van der Waals surface area contributed by atoms with Crippen molar-refractivity contribution in [1.29, 1.82) is 0 Å². The van der Waals surface area contributed by atoms with Gasteiger partial charge in [0.25, 0.3) is 0 Å². The second-order valence-electron chi connectivity index (χ2n) is 10.4. The van der Waals surface area contributed by atoms with Gasteiger partial charge in [-0.05, 0) is 46.5 Å². The molecule has 0 spiro atoms. The van der Waals surface area contributed by atoms with Gasteiger partial charge in [0.2, 0.25) is 11.8 Å². The molecule has 41 heavy (non-hydrogen) atoms. The van der Waals surface area contributed by atoms with E-state index in [1.807, 2.05) is 48.5 Å². The summed E-state index contributed by atoms with van der Waals surface area (Å²) in [6, 6.07) is 30.5. The average molecular weight is 671 g/mol. The zero-order valence-electron chi connectivity index (χ0n) is 21.4. The van der Waals surface area contributed by atoms with Gasteiger partial charge >= 0.3 is 5.97 Å². The molecule has 4 aliphatic rings. The Kier molecular flexibility index (Phi) is 5.92. The number of nitrogens with zero attached hydrogens (tertiary/aromatic N) is 1. The van der Waals surface area contributed by atoms with E-state index in [4.69, 9.17) is 4.74 Å². The Hall–Kier alpha value is -3.88. The fourth-order valence-electron chi connectivity index (χ4n) is 6.59. The number of esters is 1. The lowest BCUT2D eigenvalue weighted by atomic mass is 9.54. The zero-order chi connectivity index (χ0) is 28.5. The highest BCUT2D eigenvalue weighted by Crippen LogP contribution is 2.70. The highest BCUT2D eigenvalue weighted by atomic mass is 79.9. The van der Waals surface area contributed by atoms with Crippen molar-refractivity contribution in [2.75, 3.05) is 11.5 Å². The monoisotopic (exact) mass is 669 g/mol. The number of carbonyl (C=O) groups excluding carboxylic acids is 4. The third kappa shape index (κ3) is 3.53. The number of imide groups is 1. The number of hydrogen-bond acceptors (Lipinski definition) is 5. The molecule has 1 aliphatic heterocycles. The van der Waals surface area contributed by atoms with Gasteiger partial charge < -0.3 is 4.74 Å². The van der Waals surface area contributed by atoms with Gasteiger partial charge in [-0.2, -0.15) is 0 Å². The van der Waals surface area contributed by atoms with Crippen molar-refractivity contribution in [3.05, 3.63) is 137 Å². The van der Waals surface area contributed by atoms with Crippen LogP contribution in [0.3, 0.4) is 0 Å². The molecule has 2 atom stereocenters. The first-order valence-corrected chi connectivity index (χ1v) is 14.7. The molecule has 0 aromatic heterocycles. The summed E-state index contributed by atoms with van der Waals surface area (Å²) in [6.07, 6.45) is 0. The minimum atomic E-state index is -0.878. The van der Waals surface area contributed by atoms with Crippen molar-refractivity contribution in [3.63, 3.8) is 0 Å². The molecule has 0 saturated carbocycles. The van der Waals surface area contributed by atoms with Gasteiger partial charge in [0.05, 0.1) is 31.7 Å². The van der Waals surface area contributed by atoms with Crippen molar-refractivity contribution in [1.82, 2.24) is 0 Å². The summed E-state index contributed by atoms with van der Waals surface area (Å²) in [5.74, 6) is -2.98. The molecule has 1 saturated heterocycles. The van der Waals surface area contributed by atoms with Crippen LogP contribution in [0.4, 0.5) is 5.69 Å². The predicted molar refractivity (Wildman–Crippen MR) is 159 cm³/mol. The first-order chi connectivity index (χ1) is 19.8. The first-order valence-electron chi connectivity index (χ1n) is 13.1. The molecule has 8 heteroatoms. The van der Waals surface area contributed by atoms with Crippen LogP contribution in [-0.2, 0) is 23.0 Å². The van der Waals surface area contributed by atoms with E-state index in [-0.39, 0.29) is 23.2 Å². The minimum Gasteiger partial charge on any atom is -0.454 e. The molecule has 8 rings (SSSR count). The number of benzene rings is 4. The number of ether oxygens (including phenoxy) is 1. The van der Waals surface area contributed by atoms with Gasteiger partial charge in [-0.15, -0.1) is 0 Å². The standard InChI is InChI=1S/C33H21Br2NO5/c34-32-22-10-4-5-11-23(22)33(35,25-13-7-6-12-24(25)32)28-27(32)29(38)36(30(28)39)21-16-14-20(15-17-21)31(40)41-18-26(37)19-8-2-1-3-9-19/h1-17,27-28H,18H2/t27-,28+,32?,33?. The molecule has 0 unspecified atom stereocenters. The van der Waals surface area contributed by atoms with Crippen LogP contribution in [0.25, 0.3) is 0 Å². The molecule has 1 heterocycles. The maximum atomic E-state index is 14.2. The summed E-state index contributed by atoms with van der Waals surface area (Å²) in [6.45, 7) is -0.390. The van der Waals surface area contributed by atoms with Crippen LogP contribution in [0, 0.1) is 11.8 Å². The molecule has 6 nitrogen and oxygen atoms in total. The van der Waals surface area contributed by atoms with Gasteiger partial charge in [0.15, 0.2) is 12.4 Å². The molecule has 2 amide bonds. The van der Waals surface area contributed by atoms with Crippen LogP contribution in [0.5, 0.6) is 0 Å². The van der Waals surface area contributed by atoms with E-state index in [0.717, 1.165) is 22.3 Å². The lowest BCUT2D eigenvalue weighted by Gasteiger charge is -2.55. The number of amides is 2. The molecule has 0 N–H and O–H groups in total. The number of halogens is 2. The Morgan fingerprint density at radius 2 is 1.07 bits per heavy atom. The zero-order valence-corrected chi connectivity index (χ0v) is 24.6. The number of ketones is 1. The third-order valence-electron chi connectivity index (χ3n) is 8.38. The summed E-state index contributed by atoms with van der Waals surface area (Å²) in [5.41, 5.74) is 4.87. The Morgan fingerprint density at radius 1 is 0.634 bits per heavy atom. The Labute approximate surface area is 252 Å². The van der Waals surface area contributed by atoms with Crippen LogP contribution in [0.15, 0.2) is 103 Å². The van der Waals surface area contributed by atoms with Crippen LogP contribution in [-0.4, -0.2) is 30.2 Å². The van der Waals surface area contributed by atoms with Crippen molar-refractivity contribution in [3.8, 4) is 0 Å². The number of alkyl halides is 2. The minimum absolute atomic E-state index is 0.208. The SMILES string of the molecule is O=C(COC(=O)c1ccc(N2C(=O)[C@@H]3[C@H](C2=O)C2(Br)c4ccccc4C3(Br)c3ccccc32)cc1)c1ccccc1. The summed E-state index contributed by atoms with van der Waals surface area (Å²) < 4.78 is 3.46. The van der Waals surface area contributed by atoms with Crippen molar-refractivity contribution in [2.24, 2.45) is 11.8 Å². The van der Waals surface area contributed by atoms with Crippen LogP contribution >= 0.6 is 31.9 Å². The molecule has 2 bridgehead atoms. The quantitative estimate of drug-likeness (QED) is 0.110. The second kappa shape index (κ2) is 9.33. The van der Waals surface area contributed by atoms with E-state index in [0.29, 0.717) is 11.3 Å². The van der Waals surface area contributed by atoms with Crippen molar-refractivity contribution in [2.45, 2.75) is 8.65 Å². The van der Waals surface area contributed by atoms with Gasteiger partial charge in [-0.25, -0.2) is 9.69 Å². The molecule has 4 aromatic rings. The van der Waals surface area contributed by atoms with Crippen LogP contribution in [0.1, 0.15) is 43.0 Å². The van der Waals surface area contributed by atoms with Crippen molar-refractivity contribution >= 4 is 61.1 Å². The average Bonchev–Trinajstić information content (AvgIpc) is 3.29. The molecule has 0 radical (unpaired) electrons. The van der Waals surface area contributed by atoms with E-state index in [2.05, 4.69) is 31.9 Å². The summed E-state index contributed by atoms with van der Waals surface area (Å²) in [5, 5.41) is 0. The third-order valence-corrected chi connectivity index (χ3v) is 11.1. The summed E-state index contributed by atoms with van der Waals surface area (Å²) in [7, 11) is 0. The Morgan fingerprint density at radius 3 is 1.54 bits per heavy atom. The van der Waals surface area contributed by atoms with Crippen molar-refractivity contribution < 1.29 is 23.9 Å². The molecule has 1 fully saturated rings. The molecular formula is C33H21Br2NO5. The number of rotatable bonds is 5. The molecule has 202 valence electrons. The summed E-state index contributed by atoms with van der Waals surface area (Å²) in [4.78, 5) is 54.5. The van der Waals surface area contributed by atoms with Gasteiger partial charge in [-0.1, -0.05) is 111 Å². The van der Waals surface area contributed by atoms with E-state index in [9.17, 15) is 19.2 Å². The van der Waals surface area contributed by atoms with Gasteiger partial charge in [0.1, 0.15) is 0 Å². The van der Waals surface area contributed by atoms with E-state index < -0.39 is 33.1 Å². The number of Topliss-reactive ketones (excluding diaryl/α,β-unsaturated/α-hetero) is 1. The fourth-order valence-corrected chi connectivity index (χ4v) is 8.89. The maximum absolute atomic E-state index is 14.2. The maximum Gasteiger partial charge on any atom is 0.338 e.